The smallest absolute Gasteiger partial charge is 0.314 e. The molecule has 0 spiro atoms. The molecule has 0 aromatic rings. The van der Waals surface area contributed by atoms with Gasteiger partial charge in [0.2, 0.25) is 0 Å². The van der Waals surface area contributed by atoms with Crippen molar-refractivity contribution in [2.24, 2.45) is 11.5 Å². The van der Waals surface area contributed by atoms with Crippen LogP contribution in [0.5, 0.6) is 0 Å². The van der Waals surface area contributed by atoms with Crippen LogP contribution in [0.3, 0.4) is 0 Å². The Kier molecular flexibility index (Phi) is 1.09. The molecular weight excluding hydrogens is 106 g/mol. The zero-order valence-electron chi connectivity index (χ0n) is 4.50. The third-order valence-corrected chi connectivity index (χ3v) is 1.22. The molecular formula is C4H9N3O. The normalized spacial score (nSPS) is 20.4. The van der Waals surface area contributed by atoms with Crippen LogP contribution < -0.4 is 11.5 Å². The van der Waals surface area contributed by atoms with Crippen molar-refractivity contribution in [3.63, 3.8) is 0 Å². The molecule has 1 aliphatic heterocycles. The second-order valence-electron chi connectivity index (χ2n) is 2.00. The van der Waals surface area contributed by atoms with Crippen molar-refractivity contribution >= 4 is 6.03 Å². The molecule has 4 nitrogen and oxygen atoms in total. The van der Waals surface area contributed by atoms with Crippen LogP contribution in [0.2, 0.25) is 0 Å². The zero-order valence-corrected chi connectivity index (χ0v) is 4.50. The Morgan fingerprint density at radius 3 is 2.25 bits per heavy atom. The fourth-order valence-corrected chi connectivity index (χ4v) is 0.693. The molecule has 0 unspecified atom stereocenters. The van der Waals surface area contributed by atoms with Gasteiger partial charge in [-0.15, -0.1) is 0 Å². The number of carbonyl (C=O) groups excluding carboxylic acids is 1. The summed E-state index contributed by atoms with van der Waals surface area (Å²) in [4.78, 5) is 11.7. The molecule has 8 heavy (non-hydrogen) atoms. The maximum absolute atomic E-state index is 10.2. The topological polar surface area (TPSA) is 72.4 Å². The Balaban J connectivity index is 2.25. The minimum atomic E-state index is -0.369. The highest BCUT2D eigenvalue weighted by atomic mass is 16.2. The Labute approximate surface area is 47.4 Å². The predicted molar refractivity (Wildman–Crippen MR) is 29.1 cm³/mol. The number of carbonyl (C=O) groups is 1. The predicted octanol–water partition coefficient (Wildman–Crippen LogP) is -1.29. The molecule has 4 N–H and O–H groups in total. The average molecular weight is 115 g/mol. The van der Waals surface area contributed by atoms with Crippen LogP contribution in [0.4, 0.5) is 4.79 Å². The van der Waals surface area contributed by atoms with Crippen LogP contribution >= 0.6 is 0 Å². The number of amides is 2. The molecule has 2 amide bonds. The molecule has 0 atom stereocenters. The molecule has 0 aliphatic carbocycles. The fraction of sp³-hybridized carbons (Fsp3) is 0.750. The third kappa shape index (κ3) is 0.742. The molecule has 46 valence electrons. The Morgan fingerprint density at radius 2 is 2.12 bits per heavy atom. The first kappa shape index (κ1) is 5.37. The number of hydrogen-bond acceptors (Lipinski definition) is 2. The molecule has 0 radical (unpaired) electrons. The molecule has 4 heteroatoms. The van der Waals surface area contributed by atoms with Crippen molar-refractivity contribution in [3.8, 4) is 0 Å². The maximum Gasteiger partial charge on any atom is 0.314 e. The monoisotopic (exact) mass is 115 g/mol. The summed E-state index contributed by atoms with van der Waals surface area (Å²) in [5.41, 5.74) is 10.2. The summed E-state index contributed by atoms with van der Waals surface area (Å²) in [6.07, 6.45) is 0. The Hall–Kier alpha value is -0.770. The summed E-state index contributed by atoms with van der Waals surface area (Å²) in [7, 11) is 0. The average Bonchev–Trinajstić information content (AvgIpc) is 1.57. The first-order valence-electron chi connectivity index (χ1n) is 2.50. The minimum Gasteiger partial charge on any atom is -0.351 e. The quantitative estimate of drug-likeness (QED) is 0.412. The lowest BCUT2D eigenvalue weighted by Gasteiger charge is -2.35. The Morgan fingerprint density at radius 1 is 1.62 bits per heavy atom. The number of nitrogens with zero attached hydrogens (tertiary/aromatic N) is 1. The van der Waals surface area contributed by atoms with Crippen molar-refractivity contribution in [1.82, 2.24) is 4.90 Å². The largest absolute Gasteiger partial charge is 0.351 e. The molecule has 0 aromatic heterocycles. The number of primary amides is 1. The van der Waals surface area contributed by atoms with E-state index in [2.05, 4.69) is 0 Å². The van der Waals surface area contributed by atoms with E-state index in [0.717, 1.165) is 0 Å². The van der Waals surface area contributed by atoms with E-state index in [1.807, 2.05) is 0 Å². The van der Waals surface area contributed by atoms with Crippen LogP contribution in [0, 0.1) is 0 Å². The maximum atomic E-state index is 10.2. The van der Waals surface area contributed by atoms with Gasteiger partial charge in [-0.1, -0.05) is 0 Å². The lowest BCUT2D eigenvalue weighted by atomic mass is 10.1. The van der Waals surface area contributed by atoms with Crippen LogP contribution in [0.15, 0.2) is 0 Å². The van der Waals surface area contributed by atoms with E-state index in [1.165, 1.54) is 4.90 Å². The van der Waals surface area contributed by atoms with Crippen molar-refractivity contribution < 1.29 is 4.79 Å². The molecule has 1 heterocycles. The lowest BCUT2D eigenvalue weighted by molar-refractivity contribution is 0.161. The van der Waals surface area contributed by atoms with Crippen molar-refractivity contribution in [2.45, 2.75) is 6.04 Å². The van der Waals surface area contributed by atoms with Gasteiger partial charge in [-0.05, 0) is 0 Å². The number of urea groups is 1. The molecule has 1 fully saturated rings. The van der Waals surface area contributed by atoms with Gasteiger partial charge in [0.1, 0.15) is 0 Å². The highest BCUT2D eigenvalue weighted by molar-refractivity contribution is 5.73. The van der Waals surface area contributed by atoms with Crippen molar-refractivity contribution in [3.05, 3.63) is 0 Å². The first-order valence-corrected chi connectivity index (χ1v) is 2.50. The van der Waals surface area contributed by atoms with Gasteiger partial charge in [0.15, 0.2) is 0 Å². The van der Waals surface area contributed by atoms with Gasteiger partial charge < -0.3 is 16.4 Å². The first-order chi connectivity index (χ1) is 3.70. The number of hydrogen-bond donors (Lipinski definition) is 2. The molecule has 0 aromatic carbocycles. The van der Waals surface area contributed by atoms with Crippen LogP contribution in [-0.4, -0.2) is 30.1 Å². The van der Waals surface area contributed by atoms with E-state index in [-0.39, 0.29) is 12.1 Å². The molecule has 1 saturated heterocycles. The van der Waals surface area contributed by atoms with Gasteiger partial charge in [-0.25, -0.2) is 4.79 Å². The highest BCUT2D eigenvalue weighted by Gasteiger charge is 2.25. The summed E-state index contributed by atoms with van der Waals surface area (Å²) in [5.74, 6) is 0. The summed E-state index contributed by atoms with van der Waals surface area (Å²) in [6, 6.07) is -0.214. The van der Waals surface area contributed by atoms with E-state index in [1.54, 1.807) is 0 Å². The number of rotatable bonds is 0. The van der Waals surface area contributed by atoms with E-state index in [9.17, 15) is 4.79 Å². The van der Waals surface area contributed by atoms with Crippen molar-refractivity contribution in [1.29, 1.82) is 0 Å². The summed E-state index contributed by atoms with van der Waals surface area (Å²) in [6.45, 7) is 1.24. The van der Waals surface area contributed by atoms with Gasteiger partial charge in [0.25, 0.3) is 0 Å². The highest BCUT2D eigenvalue weighted by Crippen LogP contribution is 2.02. The standard InChI is InChI=1S/C4H9N3O/c5-3-1-7(2-3)4(6)8/h3H,1-2,5H2,(H2,6,8). The fourth-order valence-electron chi connectivity index (χ4n) is 0.693. The van der Waals surface area contributed by atoms with E-state index in [0.29, 0.717) is 13.1 Å². The van der Waals surface area contributed by atoms with Crippen LogP contribution in [-0.2, 0) is 0 Å². The molecule has 1 aliphatic rings. The van der Waals surface area contributed by atoms with Crippen LogP contribution in [0.1, 0.15) is 0 Å². The van der Waals surface area contributed by atoms with Gasteiger partial charge in [0.05, 0.1) is 0 Å². The zero-order chi connectivity index (χ0) is 6.15. The molecule has 0 saturated carbocycles. The van der Waals surface area contributed by atoms with E-state index in [4.69, 9.17) is 11.5 Å². The van der Waals surface area contributed by atoms with Gasteiger partial charge in [-0.3, -0.25) is 0 Å². The Bertz CT molecular complexity index is 108. The van der Waals surface area contributed by atoms with E-state index < -0.39 is 0 Å². The van der Waals surface area contributed by atoms with Gasteiger partial charge in [-0.2, -0.15) is 0 Å². The summed E-state index contributed by atoms with van der Waals surface area (Å²) >= 11 is 0. The second kappa shape index (κ2) is 1.63. The molecule has 0 bridgehead atoms. The second-order valence-corrected chi connectivity index (χ2v) is 2.00. The SMILES string of the molecule is NC(=O)N1CC(N)C1. The van der Waals surface area contributed by atoms with Gasteiger partial charge >= 0.3 is 6.03 Å². The molecule has 1 rings (SSSR count). The number of nitrogens with two attached hydrogens (primary N) is 2. The summed E-state index contributed by atoms with van der Waals surface area (Å²) in [5, 5.41) is 0. The van der Waals surface area contributed by atoms with E-state index >= 15 is 0 Å². The van der Waals surface area contributed by atoms with Crippen LogP contribution in [0.25, 0.3) is 0 Å². The van der Waals surface area contributed by atoms with Crippen molar-refractivity contribution in [2.75, 3.05) is 13.1 Å². The van der Waals surface area contributed by atoms with Gasteiger partial charge in [0, 0.05) is 19.1 Å². The number of likely N-dealkylation sites (tertiary alicyclic amines) is 1. The summed E-state index contributed by atoms with van der Waals surface area (Å²) < 4.78 is 0. The lowest BCUT2D eigenvalue weighted by Crippen LogP contribution is -2.59. The minimum absolute atomic E-state index is 0.155. The third-order valence-electron chi connectivity index (χ3n) is 1.22.